The summed E-state index contributed by atoms with van der Waals surface area (Å²) in [6.45, 7) is -0.823. The van der Waals surface area contributed by atoms with Crippen LogP contribution in [0.3, 0.4) is 0 Å². The van der Waals surface area contributed by atoms with Crippen molar-refractivity contribution in [1.82, 2.24) is 5.32 Å². The fourth-order valence-electron chi connectivity index (χ4n) is 2.38. The van der Waals surface area contributed by atoms with Gasteiger partial charge in [-0.25, -0.2) is 8.78 Å². The Hall–Kier alpha value is -1.37. The molecule has 0 spiro atoms. The number of halogens is 5. The molecule has 0 amide bonds. The summed E-state index contributed by atoms with van der Waals surface area (Å²) in [7, 11) is 0. The summed E-state index contributed by atoms with van der Waals surface area (Å²) in [5.74, 6) is -2.39. The maximum Gasteiger partial charge on any atom is 0.422 e. The molecule has 0 atom stereocenters. The minimum absolute atomic E-state index is 0.0563. The maximum atomic E-state index is 13.0. The SMILES string of the molecule is FC(F)(F)COc1ccc(CNC2CCC(F)(F)CC2)cc1. The van der Waals surface area contributed by atoms with Gasteiger partial charge < -0.3 is 10.1 Å². The van der Waals surface area contributed by atoms with Crippen molar-refractivity contribution in [3.63, 3.8) is 0 Å². The van der Waals surface area contributed by atoms with Crippen LogP contribution in [0.5, 0.6) is 5.75 Å². The molecule has 2 nitrogen and oxygen atoms in total. The Balaban J connectivity index is 1.75. The van der Waals surface area contributed by atoms with Gasteiger partial charge in [0.05, 0.1) is 0 Å². The summed E-state index contributed by atoms with van der Waals surface area (Å²) < 4.78 is 66.7. The molecular weight excluding hydrogens is 305 g/mol. The topological polar surface area (TPSA) is 21.3 Å². The highest BCUT2D eigenvalue weighted by Crippen LogP contribution is 2.33. The lowest BCUT2D eigenvalue weighted by molar-refractivity contribution is -0.153. The van der Waals surface area contributed by atoms with Crippen LogP contribution in [0.4, 0.5) is 22.0 Å². The zero-order valence-electron chi connectivity index (χ0n) is 11.9. The third kappa shape index (κ3) is 5.79. The molecule has 1 aromatic rings. The van der Waals surface area contributed by atoms with Crippen LogP contribution in [-0.4, -0.2) is 24.7 Å². The first kappa shape index (κ1) is 17.0. The first-order chi connectivity index (χ1) is 10.2. The van der Waals surface area contributed by atoms with Gasteiger partial charge >= 0.3 is 6.18 Å². The quantitative estimate of drug-likeness (QED) is 0.816. The Morgan fingerprint density at radius 1 is 1.09 bits per heavy atom. The number of nitrogens with one attached hydrogen (secondary N) is 1. The minimum atomic E-state index is -4.36. The van der Waals surface area contributed by atoms with Crippen molar-refractivity contribution in [3.05, 3.63) is 29.8 Å². The Morgan fingerprint density at radius 3 is 2.23 bits per heavy atom. The molecule has 124 valence electrons. The summed E-state index contributed by atoms with van der Waals surface area (Å²) >= 11 is 0. The Morgan fingerprint density at radius 2 is 1.68 bits per heavy atom. The lowest BCUT2D eigenvalue weighted by Gasteiger charge is -2.29. The van der Waals surface area contributed by atoms with E-state index in [1.165, 1.54) is 12.1 Å². The fourth-order valence-corrected chi connectivity index (χ4v) is 2.38. The van der Waals surface area contributed by atoms with Crippen molar-refractivity contribution >= 4 is 0 Å². The van der Waals surface area contributed by atoms with Crippen LogP contribution >= 0.6 is 0 Å². The Bertz CT molecular complexity index is 462. The van der Waals surface area contributed by atoms with Gasteiger partial charge in [-0.05, 0) is 30.5 Å². The molecule has 7 heteroatoms. The van der Waals surface area contributed by atoms with Crippen LogP contribution in [0.1, 0.15) is 31.2 Å². The smallest absolute Gasteiger partial charge is 0.422 e. The lowest BCUT2D eigenvalue weighted by atomic mass is 9.92. The number of benzene rings is 1. The summed E-state index contributed by atoms with van der Waals surface area (Å²) in [6.07, 6.45) is -3.70. The number of ether oxygens (including phenoxy) is 1. The van der Waals surface area contributed by atoms with E-state index in [1.807, 2.05) is 0 Å². The molecule has 0 aromatic heterocycles. The third-order valence-corrected chi connectivity index (χ3v) is 3.64. The van der Waals surface area contributed by atoms with E-state index in [0.717, 1.165) is 5.56 Å². The van der Waals surface area contributed by atoms with E-state index < -0.39 is 18.7 Å². The highest BCUT2D eigenvalue weighted by molar-refractivity contribution is 5.27. The predicted molar refractivity (Wildman–Crippen MR) is 72.0 cm³/mol. The predicted octanol–water partition coefficient (Wildman–Crippen LogP) is 4.30. The second kappa shape index (κ2) is 6.81. The third-order valence-electron chi connectivity index (χ3n) is 3.64. The molecule has 2 rings (SSSR count). The molecule has 0 aliphatic heterocycles. The van der Waals surface area contributed by atoms with E-state index in [0.29, 0.717) is 19.4 Å². The van der Waals surface area contributed by atoms with Gasteiger partial charge in [-0.15, -0.1) is 0 Å². The molecule has 1 N–H and O–H groups in total. The molecule has 1 aliphatic rings. The number of hydrogen-bond donors (Lipinski definition) is 1. The number of alkyl halides is 5. The molecule has 0 unspecified atom stereocenters. The van der Waals surface area contributed by atoms with Crippen LogP contribution in [-0.2, 0) is 6.54 Å². The molecule has 1 aromatic carbocycles. The molecule has 0 radical (unpaired) electrons. The molecule has 0 saturated heterocycles. The van der Waals surface area contributed by atoms with Gasteiger partial charge in [0.15, 0.2) is 6.61 Å². The van der Waals surface area contributed by atoms with Crippen molar-refractivity contribution in [2.75, 3.05) is 6.61 Å². The highest BCUT2D eigenvalue weighted by atomic mass is 19.4. The molecule has 1 fully saturated rings. The molecular formula is C15H18F5NO. The van der Waals surface area contributed by atoms with Gasteiger partial charge in [0.2, 0.25) is 5.92 Å². The Labute approximate surface area is 125 Å². The summed E-state index contributed by atoms with van der Waals surface area (Å²) in [5.41, 5.74) is 0.872. The van der Waals surface area contributed by atoms with Crippen molar-refractivity contribution < 1.29 is 26.7 Å². The van der Waals surface area contributed by atoms with E-state index in [2.05, 4.69) is 10.1 Å². The minimum Gasteiger partial charge on any atom is -0.484 e. The van der Waals surface area contributed by atoms with Crippen LogP contribution in [0.15, 0.2) is 24.3 Å². The highest BCUT2D eigenvalue weighted by Gasteiger charge is 2.34. The van der Waals surface area contributed by atoms with Gasteiger partial charge in [-0.2, -0.15) is 13.2 Å². The average Bonchev–Trinajstić information content (AvgIpc) is 2.44. The lowest BCUT2D eigenvalue weighted by Crippen LogP contribution is -2.36. The van der Waals surface area contributed by atoms with Crippen molar-refractivity contribution in [3.8, 4) is 5.75 Å². The summed E-state index contributed by atoms with van der Waals surface area (Å²) in [5, 5.41) is 3.20. The second-order valence-electron chi connectivity index (χ2n) is 5.56. The maximum absolute atomic E-state index is 13.0. The van der Waals surface area contributed by atoms with E-state index in [1.54, 1.807) is 12.1 Å². The van der Waals surface area contributed by atoms with E-state index in [-0.39, 0.29) is 24.6 Å². The van der Waals surface area contributed by atoms with Crippen molar-refractivity contribution in [2.24, 2.45) is 0 Å². The standard InChI is InChI=1S/C15H18F5NO/c16-14(17)7-5-12(6-8-14)21-9-11-1-3-13(4-2-11)22-10-15(18,19)20/h1-4,12,21H,5-10H2. The normalized spacial score (nSPS) is 19.1. The first-order valence-electron chi connectivity index (χ1n) is 7.13. The molecule has 1 saturated carbocycles. The largest absolute Gasteiger partial charge is 0.484 e. The summed E-state index contributed by atoms with van der Waals surface area (Å²) in [4.78, 5) is 0. The van der Waals surface area contributed by atoms with Gasteiger partial charge in [0, 0.05) is 25.4 Å². The van der Waals surface area contributed by atoms with Crippen molar-refractivity contribution in [1.29, 1.82) is 0 Å². The zero-order chi connectivity index (χ0) is 16.2. The van der Waals surface area contributed by atoms with Gasteiger partial charge in [-0.3, -0.25) is 0 Å². The van der Waals surface area contributed by atoms with Gasteiger partial charge in [0.25, 0.3) is 0 Å². The van der Waals surface area contributed by atoms with E-state index in [4.69, 9.17) is 0 Å². The van der Waals surface area contributed by atoms with E-state index >= 15 is 0 Å². The second-order valence-corrected chi connectivity index (χ2v) is 5.56. The molecule has 1 aliphatic carbocycles. The molecule has 0 bridgehead atoms. The number of hydrogen-bond acceptors (Lipinski definition) is 2. The monoisotopic (exact) mass is 323 g/mol. The molecule has 22 heavy (non-hydrogen) atoms. The van der Waals surface area contributed by atoms with Gasteiger partial charge in [-0.1, -0.05) is 12.1 Å². The van der Waals surface area contributed by atoms with Crippen LogP contribution in [0.25, 0.3) is 0 Å². The van der Waals surface area contributed by atoms with Crippen LogP contribution < -0.4 is 10.1 Å². The summed E-state index contributed by atoms with van der Waals surface area (Å²) in [6, 6.07) is 6.32. The van der Waals surface area contributed by atoms with Gasteiger partial charge in [0.1, 0.15) is 5.75 Å². The average molecular weight is 323 g/mol. The Kier molecular flexibility index (Phi) is 5.26. The van der Waals surface area contributed by atoms with Crippen molar-refractivity contribution in [2.45, 2.75) is 50.4 Å². The van der Waals surface area contributed by atoms with Crippen LogP contribution in [0.2, 0.25) is 0 Å². The zero-order valence-corrected chi connectivity index (χ0v) is 11.9. The fraction of sp³-hybridized carbons (Fsp3) is 0.600. The van der Waals surface area contributed by atoms with E-state index in [9.17, 15) is 22.0 Å². The first-order valence-corrected chi connectivity index (χ1v) is 7.13. The molecule has 0 heterocycles. The van der Waals surface area contributed by atoms with Crippen LogP contribution in [0, 0.1) is 0 Å². The number of rotatable bonds is 5.